The molecule has 0 fully saturated rings. The number of nitrogens with zero attached hydrogens (tertiary/aromatic N) is 3. The number of carbonyl (C=O) groups excluding carboxylic acids is 1. The third-order valence-electron chi connectivity index (χ3n) is 3.02. The van der Waals surface area contributed by atoms with Gasteiger partial charge in [0.1, 0.15) is 6.04 Å². The Balaban J connectivity index is 3.80. The van der Waals surface area contributed by atoms with Gasteiger partial charge in [0.05, 0.1) is 16.1 Å². The zero-order chi connectivity index (χ0) is 19.5. The molecule has 1 atom stereocenters. The lowest BCUT2D eigenvalue weighted by Crippen LogP contribution is -2.45. The topological polar surface area (TPSA) is 162 Å². The second kappa shape index (κ2) is 7.40. The largest absolute Gasteiger partial charge is 0.357 e. The SMILES string of the molecule is CNC(=O)C(C)N(OS(C)(=O)=O)c1c([N+](=O)[O-])cc(C)cc1[N+](=O)[O-]. The quantitative estimate of drug-likeness (QED) is 0.531. The molecule has 12 nitrogen and oxygen atoms in total. The molecule has 25 heavy (non-hydrogen) atoms. The fraction of sp³-hybridized carbons (Fsp3) is 0.417. The summed E-state index contributed by atoms with van der Waals surface area (Å²) in [4.78, 5) is 32.7. The number of nitro benzene ring substituents is 2. The minimum absolute atomic E-state index is 0.203. The van der Waals surface area contributed by atoms with Crippen LogP contribution in [-0.4, -0.2) is 43.5 Å². The zero-order valence-electron chi connectivity index (χ0n) is 13.7. The summed E-state index contributed by atoms with van der Waals surface area (Å²) < 4.78 is 27.7. The van der Waals surface area contributed by atoms with Crippen LogP contribution < -0.4 is 10.4 Å². The van der Waals surface area contributed by atoms with Gasteiger partial charge in [-0.15, -0.1) is 4.28 Å². The summed E-state index contributed by atoms with van der Waals surface area (Å²) in [5, 5.41) is 25.2. The van der Waals surface area contributed by atoms with Crippen LogP contribution in [0.15, 0.2) is 12.1 Å². The Bertz CT molecular complexity index is 787. The van der Waals surface area contributed by atoms with Crippen molar-refractivity contribution >= 4 is 33.1 Å². The molecule has 0 aliphatic heterocycles. The van der Waals surface area contributed by atoms with E-state index in [1.807, 2.05) is 0 Å². The average molecular weight is 376 g/mol. The Labute approximate surface area is 142 Å². The molecule has 0 spiro atoms. The van der Waals surface area contributed by atoms with Crippen LogP contribution >= 0.6 is 0 Å². The third kappa shape index (κ3) is 4.84. The van der Waals surface area contributed by atoms with Gasteiger partial charge < -0.3 is 5.32 Å². The lowest BCUT2D eigenvalue weighted by molar-refractivity contribution is -0.393. The number of nitrogens with one attached hydrogen (secondary N) is 1. The molecule has 0 aliphatic carbocycles. The summed E-state index contributed by atoms with van der Waals surface area (Å²) in [6.45, 7) is 2.57. The number of amides is 1. The second-order valence-electron chi connectivity index (χ2n) is 5.06. The summed E-state index contributed by atoms with van der Waals surface area (Å²) in [7, 11) is -3.01. The van der Waals surface area contributed by atoms with Gasteiger partial charge in [-0.25, -0.2) is 5.06 Å². The van der Waals surface area contributed by atoms with Crippen LogP contribution in [0.1, 0.15) is 12.5 Å². The maximum Gasteiger partial charge on any atom is 0.302 e. The van der Waals surface area contributed by atoms with E-state index in [9.17, 15) is 33.4 Å². The molecular formula is C12H16N4O8S. The van der Waals surface area contributed by atoms with E-state index < -0.39 is 49.0 Å². The minimum atomic E-state index is -4.25. The highest BCUT2D eigenvalue weighted by Gasteiger charge is 2.37. The molecule has 0 bridgehead atoms. The number of nitro groups is 2. The first-order valence-corrected chi connectivity index (χ1v) is 8.54. The maximum atomic E-state index is 11.9. The number of anilines is 1. The highest BCUT2D eigenvalue weighted by Crippen LogP contribution is 2.40. The van der Waals surface area contributed by atoms with Crippen LogP contribution in [-0.2, 0) is 19.2 Å². The Morgan fingerprint density at radius 2 is 1.68 bits per heavy atom. The molecule has 1 aromatic rings. The number of likely N-dealkylation sites (N-methyl/N-ethyl adjacent to an activating group) is 1. The van der Waals surface area contributed by atoms with Gasteiger partial charge in [-0.05, 0) is 19.4 Å². The number of rotatable bonds is 7. The second-order valence-corrected chi connectivity index (χ2v) is 6.62. The van der Waals surface area contributed by atoms with Crippen molar-refractivity contribution in [3.8, 4) is 0 Å². The number of hydrogen-bond donors (Lipinski definition) is 1. The summed E-state index contributed by atoms with van der Waals surface area (Å²) in [6.07, 6.45) is 0.641. The third-order valence-corrected chi connectivity index (χ3v) is 3.45. The first-order chi connectivity index (χ1) is 11.4. The molecule has 0 saturated heterocycles. The fourth-order valence-electron chi connectivity index (χ4n) is 2.00. The molecule has 1 rings (SSSR count). The van der Waals surface area contributed by atoms with E-state index in [0.717, 1.165) is 12.1 Å². The van der Waals surface area contributed by atoms with Gasteiger partial charge in [0.15, 0.2) is 0 Å². The molecule has 0 aliphatic rings. The van der Waals surface area contributed by atoms with E-state index in [-0.39, 0.29) is 5.56 Å². The van der Waals surface area contributed by atoms with Crippen molar-refractivity contribution in [1.82, 2.24) is 5.32 Å². The molecule has 138 valence electrons. The number of benzene rings is 1. The van der Waals surface area contributed by atoms with Gasteiger partial charge >= 0.3 is 11.4 Å². The van der Waals surface area contributed by atoms with Gasteiger partial charge in [-0.2, -0.15) is 8.42 Å². The van der Waals surface area contributed by atoms with Crippen molar-refractivity contribution < 1.29 is 27.3 Å². The fourth-order valence-corrected chi connectivity index (χ4v) is 2.50. The molecule has 13 heteroatoms. The van der Waals surface area contributed by atoms with Crippen molar-refractivity contribution in [1.29, 1.82) is 0 Å². The molecule has 1 N–H and O–H groups in total. The van der Waals surface area contributed by atoms with Crippen molar-refractivity contribution in [3.63, 3.8) is 0 Å². The number of hydroxylamine groups is 1. The molecule has 0 saturated carbocycles. The van der Waals surface area contributed by atoms with Gasteiger partial charge in [0.25, 0.3) is 10.1 Å². The number of hydrogen-bond acceptors (Lipinski definition) is 9. The van der Waals surface area contributed by atoms with E-state index in [4.69, 9.17) is 0 Å². The van der Waals surface area contributed by atoms with Crippen molar-refractivity contribution in [2.24, 2.45) is 0 Å². The Hall–Kier alpha value is -2.80. The smallest absolute Gasteiger partial charge is 0.302 e. The summed E-state index contributed by atoms with van der Waals surface area (Å²) >= 11 is 0. The van der Waals surface area contributed by atoms with Gasteiger partial charge in [-0.3, -0.25) is 25.0 Å². The standard InChI is InChI=1S/C12H16N4O8S/c1-7-5-9(15(18)19)11(10(6-7)16(20)21)14(24-25(4,22)23)8(2)12(17)13-3/h5-6,8H,1-4H3,(H,13,17). The maximum absolute atomic E-state index is 11.9. The summed E-state index contributed by atoms with van der Waals surface area (Å²) in [5.41, 5.74) is -2.09. The van der Waals surface area contributed by atoms with E-state index in [1.165, 1.54) is 20.9 Å². The van der Waals surface area contributed by atoms with Crippen molar-refractivity contribution in [2.75, 3.05) is 18.4 Å². The van der Waals surface area contributed by atoms with Crippen molar-refractivity contribution in [3.05, 3.63) is 37.9 Å². The van der Waals surface area contributed by atoms with E-state index >= 15 is 0 Å². The van der Waals surface area contributed by atoms with Crippen LogP contribution in [0.25, 0.3) is 0 Å². The van der Waals surface area contributed by atoms with Crippen LogP contribution in [0.4, 0.5) is 17.1 Å². The van der Waals surface area contributed by atoms with Gasteiger partial charge in [0, 0.05) is 19.2 Å². The molecule has 0 aromatic heterocycles. The number of carbonyl (C=O) groups is 1. The lowest BCUT2D eigenvalue weighted by atomic mass is 10.1. The lowest BCUT2D eigenvalue weighted by Gasteiger charge is -2.26. The zero-order valence-corrected chi connectivity index (χ0v) is 14.6. The Morgan fingerprint density at radius 3 is 2.00 bits per heavy atom. The van der Waals surface area contributed by atoms with E-state index in [0.29, 0.717) is 11.3 Å². The van der Waals surface area contributed by atoms with Crippen LogP contribution in [0.5, 0.6) is 0 Å². The monoisotopic (exact) mass is 376 g/mol. The van der Waals surface area contributed by atoms with E-state index in [1.54, 1.807) is 0 Å². The molecule has 1 aromatic carbocycles. The first kappa shape index (κ1) is 20.2. The van der Waals surface area contributed by atoms with Crippen LogP contribution in [0.2, 0.25) is 0 Å². The highest BCUT2D eigenvalue weighted by molar-refractivity contribution is 7.86. The summed E-state index contributed by atoms with van der Waals surface area (Å²) in [5.74, 6) is -0.771. The van der Waals surface area contributed by atoms with Crippen LogP contribution in [0, 0.1) is 27.2 Å². The molecule has 1 amide bonds. The Morgan fingerprint density at radius 1 is 1.24 bits per heavy atom. The van der Waals surface area contributed by atoms with Gasteiger partial charge in [-0.1, -0.05) is 0 Å². The molecule has 0 heterocycles. The minimum Gasteiger partial charge on any atom is -0.357 e. The van der Waals surface area contributed by atoms with E-state index in [2.05, 4.69) is 9.60 Å². The van der Waals surface area contributed by atoms with Crippen LogP contribution in [0.3, 0.4) is 0 Å². The molecule has 0 radical (unpaired) electrons. The molecular weight excluding hydrogens is 360 g/mol. The Kier molecular flexibility index (Phi) is 5.99. The highest BCUT2D eigenvalue weighted by atomic mass is 32.2. The predicted octanol–water partition coefficient (Wildman–Crippen LogP) is 0.644. The van der Waals surface area contributed by atoms with Gasteiger partial charge in [0.2, 0.25) is 11.6 Å². The molecule has 1 unspecified atom stereocenters. The average Bonchev–Trinajstić information content (AvgIpc) is 2.49. The van der Waals surface area contributed by atoms with Crippen molar-refractivity contribution in [2.45, 2.75) is 19.9 Å². The normalized spacial score (nSPS) is 12.3. The number of aryl methyl sites for hydroxylation is 1. The predicted molar refractivity (Wildman–Crippen MR) is 86.4 cm³/mol. The summed E-state index contributed by atoms with van der Waals surface area (Å²) in [6, 6.07) is 0.606. The first-order valence-electron chi connectivity index (χ1n) is 6.72.